The number of methoxy groups -OCH3 is 1. The summed E-state index contributed by atoms with van der Waals surface area (Å²) >= 11 is 5.20. The molecule has 0 fully saturated rings. The van der Waals surface area contributed by atoms with Crippen LogP contribution in [-0.4, -0.2) is 30.0 Å². The molecule has 3 rings (SSSR count). The Morgan fingerprint density at radius 2 is 1.29 bits per heavy atom. The van der Waals surface area contributed by atoms with Crippen molar-refractivity contribution < 1.29 is 19.1 Å². The highest BCUT2D eigenvalue weighted by Gasteiger charge is 2.11. The first-order valence-electron chi connectivity index (χ1n) is 9.23. The van der Waals surface area contributed by atoms with Crippen LogP contribution in [0.25, 0.3) is 0 Å². The fourth-order valence-electron chi connectivity index (χ4n) is 2.68. The molecule has 0 saturated carbocycles. The Balaban J connectivity index is 1.59. The first-order chi connectivity index (χ1) is 15.0. The highest BCUT2D eigenvalue weighted by molar-refractivity contribution is 7.80. The van der Waals surface area contributed by atoms with Gasteiger partial charge in [0.25, 0.3) is 11.8 Å². The number of ether oxygens (including phenoxy) is 1. The van der Waals surface area contributed by atoms with Crippen LogP contribution in [0.15, 0.2) is 78.9 Å². The summed E-state index contributed by atoms with van der Waals surface area (Å²) in [6, 6.07) is 21.8. The molecule has 7 nitrogen and oxygen atoms in total. The van der Waals surface area contributed by atoms with Crippen molar-refractivity contribution in [2.45, 2.75) is 0 Å². The molecule has 0 spiro atoms. The lowest BCUT2D eigenvalue weighted by atomic mass is 10.1. The van der Waals surface area contributed by atoms with Crippen LogP contribution in [0.5, 0.6) is 0 Å². The van der Waals surface area contributed by atoms with Crippen LogP contribution in [0, 0.1) is 0 Å². The lowest BCUT2D eigenvalue weighted by Gasteiger charge is -2.11. The van der Waals surface area contributed by atoms with Crippen molar-refractivity contribution in [3.8, 4) is 0 Å². The fraction of sp³-hybridized carbons (Fsp3) is 0.0435. The van der Waals surface area contributed by atoms with E-state index in [1.54, 1.807) is 48.5 Å². The molecule has 3 aromatic rings. The average molecular weight is 433 g/mol. The third-order valence-electron chi connectivity index (χ3n) is 4.21. The minimum absolute atomic E-state index is 0.0913. The molecule has 0 aliphatic heterocycles. The van der Waals surface area contributed by atoms with Gasteiger partial charge in [-0.1, -0.05) is 24.3 Å². The van der Waals surface area contributed by atoms with Gasteiger partial charge in [-0.2, -0.15) is 0 Å². The van der Waals surface area contributed by atoms with E-state index in [1.165, 1.54) is 31.4 Å². The first kappa shape index (κ1) is 21.7. The van der Waals surface area contributed by atoms with Gasteiger partial charge < -0.3 is 15.4 Å². The number of nitrogens with one attached hydrogen (secondary N) is 3. The second-order valence-corrected chi connectivity index (χ2v) is 6.79. The molecule has 0 aromatic heterocycles. The minimum Gasteiger partial charge on any atom is -0.465 e. The molecule has 156 valence electrons. The Morgan fingerprint density at radius 3 is 1.94 bits per heavy atom. The Hall–Kier alpha value is -4.04. The van der Waals surface area contributed by atoms with E-state index in [0.717, 1.165) is 0 Å². The number of thiocarbonyl (C=S) groups is 1. The summed E-state index contributed by atoms with van der Waals surface area (Å²) in [5.74, 6) is -1.14. The van der Waals surface area contributed by atoms with Gasteiger partial charge in [-0.15, -0.1) is 0 Å². The van der Waals surface area contributed by atoms with Crippen molar-refractivity contribution in [2.75, 3.05) is 17.7 Å². The zero-order chi connectivity index (χ0) is 22.2. The van der Waals surface area contributed by atoms with Crippen LogP contribution < -0.4 is 16.0 Å². The number of esters is 1. The van der Waals surface area contributed by atoms with Gasteiger partial charge in [-0.3, -0.25) is 14.9 Å². The normalized spacial score (nSPS) is 9.97. The van der Waals surface area contributed by atoms with E-state index in [2.05, 4.69) is 20.7 Å². The zero-order valence-corrected chi connectivity index (χ0v) is 17.4. The van der Waals surface area contributed by atoms with Gasteiger partial charge in [0.15, 0.2) is 5.11 Å². The Kier molecular flexibility index (Phi) is 7.08. The van der Waals surface area contributed by atoms with Crippen LogP contribution in [0.2, 0.25) is 0 Å². The highest BCUT2D eigenvalue weighted by atomic mass is 32.1. The van der Waals surface area contributed by atoms with Gasteiger partial charge in [-0.05, 0) is 66.8 Å². The molecule has 3 aromatic carbocycles. The predicted molar refractivity (Wildman–Crippen MR) is 122 cm³/mol. The molecular weight excluding hydrogens is 414 g/mol. The van der Waals surface area contributed by atoms with Crippen LogP contribution in [0.3, 0.4) is 0 Å². The average Bonchev–Trinajstić information content (AvgIpc) is 2.79. The smallest absolute Gasteiger partial charge is 0.337 e. The van der Waals surface area contributed by atoms with E-state index in [0.29, 0.717) is 28.1 Å². The summed E-state index contributed by atoms with van der Waals surface area (Å²) in [7, 11) is 1.29. The van der Waals surface area contributed by atoms with E-state index >= 15 is 0 Å². The molecule has 0 heterocycles. The predicted octanol–water partition coefficient (Wildman–Crippen LogP) is 3.85. The van der Waals surface area contributed by atoms with Gasteiger partial charge in [0.1, 0.15) is 0 Å². The van der Waals surface area contributed by atoms with Crippen LogP contribution in [0.4, 0.5) is 11.4 Å². The molecule has 0 radical (unpaired) electrons. The van der Waals surface area contributed by atoms with Gasteiger partial charge in [0.05, 0.1) is 12.7 Å². The zero-order valence-electron chi connectivity index (χ0n) is 16.5. The molecule has 31 heavy (non-hydrogen) atoms. The van der Waals surface area contributed by atoms with Crippen LogP contribution in [0.1, 0.15) is 31.1 Å². The monoisotopic (exact) mass is 433 g/mol. The lowest BCUT2D eigenvalue weighted by Crippen LogP contribution is -2.34. The van der Waals surface area contributed by atoms with E-state index in [4.69, 9.17) is 12.2 Å². The van der Waals surface area contributed by atoms with E-state index in [1.807, 2.05) is 6.07 Å². The Morgan fingerprint density at radius 1 is 0.710 bits per heavy atom. The van der Waals surface area contributed by atoms with E-state index in [-0.39, 0.29) is 11.0 Å². The van der Waals surface area contributed by atoms with E-state index < -0.39 is 11.9 Å². The molecule has 0 aliphatic carbocycles. The third-order valence-corrected chi connectivity index (χ3v) is 4.41. The van der Waals surface area contributed by atoms with Crippen molar-refractivity contribution in [2.24, 2.45) is 0 Å². The summed E-state index contributed by atoms with van der Waals surface area (Å²) in [5, 5.41) is 8.38. The number of amides is 2. The second kappa shape index (κ2) is 10.1. The topological polar surface area (TPSA) is 96.5 Å². The number of benzene rings is 3. The highest BCUT2D eigenvalue weighted by Crippen LogP contribution is 2.16. The summed E-state index contributed by atoms with van der Waals surface area (Å²) < 4.78 is 4.63. The molecule has 8 heteroatoms. The standard InChI is InChI=1S/C23H19N3O4S/c1-30-22(29)17-12-10-16(11-13-17)21(28)26-23(31)25-19-9-5-8-18(14-19)24-20(27)15-6-3-2-4-7-15/h2-14H,1H3,(H,24,27)(H2,25,26,28,31). The maximum Gasteiger partial charge on any atom is 0.337 e. The molecule has 0 saturated heterocycles. The summed E-state index contributed by atoms with van der Waals surface area (Å²) in [4.78, 5) is 36.1. The number of hydrogen-bond acceptors (Lipinski definition) is 5. The number of rotatable bonds is 5. The van der Waals surface area contributed by atoms with Crippen molar-refractivity contribution >= 4 is 46.5 Å². The lowest BCUT2D eigenvalue weighted by molar-refractivity contribution is 0.0600. The van der Waals surface area contributed by atoms with Crippen LogP contribution >= 0.6 is 12.2 Å². The molecule has 0 bridgehead atoms. The van der Waals surface area contributed by atoms with Crippen molar-refractivity contribution in [1.82, 2.24) is 5.32 Å². The Labute approximate surface area is 184 Å². The summed E-state index contributed by atoms with van der Waals surface area (Å²) in [6.07, 6.45) is 0. The molecule has 0 aliphatic rings. The van der Waals surface area contributed by atoms with Crippen molar-refractivity contribution in [3.05, 3.63) is 95.6 Å². The molecular formula is C23H19N3O4S. The fourth-order valence-corrected chi connectivity index (χ4v) is 2.89. The molecule has 0 unspecified atom stereocenters. The molecule has 2 amide bonds. The van der Waals surface area contributed by atoms with Gasteiger partial charge in [0, 0.05) is 22.5 Å². The van der Waals surface area contributed by atoms with E-state index in [9.17, 15) is 14.4 Å². The van der Waals surface area contributed by atoms with Crippen LogP contribution in [-0.2, 0) is 4.74 Å². The van der Waals surface area contributed by atoms with Gasteiger partial charge >= 0.3 is 5.97 Å². The minimum atomic E-state index is -0.483. The third kappa shape index (κ3) is 5.97. The van der Waals surface area contributed by atoms with Crippen molar-refractivity contribution in [1.29, 1.82) is 0 Å². The van der Waals surface area contributed by atoms with Gasteiger partial charge in [-0.25, -0.2) is 4.79 Å². The quantitative estimate of drug-likeness (QED) is 0.418. The van der Waals surface area contributed by atoms with Crippen molar-refractivity contribution in [3.63, 3.8) is 0 Å². The maximum absolute atomic E-state index is 12.4. The maximum atomic E-state index is 12.4. The molecule has 0 atom stereocenters. The summed E-state index contributed by atoms with van der Waals surface area (Å²) in [5.41, 5.74) is 2.39. The number of hydrogen-bond donors (Lipinski definition) is 3. The Bertz CT molecular complexity index is 1120. The number of carbonyl (C=O) groups is 3. The number of carbonyl (C=O) groups excluding carboxylic acids is 3. The molecule has 3 N–H and O–H groups in total. The largest absolute Gasteiger partial charge is 0.465 e. The van der Waals surface area contributed by atoms with Gasteiger partial charge in [0.2, 0.25) is 0 Å². The SMILES string of the molecule is COC(=O)c1ccc(C(=O)NC(=S)Nc2cccc(NC(=O)c3ccccc3)c2)cc1. The second-order valence-electron chi connectivity index (χ2n) is 6.38. The number of anilines is 2. The first-order valence-corrected chi connectivity index (χ1v) is 9.64. The summed E-state index contributed by atoms with van der Waals surface area (Å²) in [6.45, 7) is 0.